The molecule has 0 spiro atoms. The Kier molecular flexibility index (Phi) is 3.17. The smallest absolute Gasteiger partial charge is 0.266 e. The number of carbonyl (C=O) groups excluding carboxylic acids is 1. The van der Waals surface area contributed by atoms with Crippen LogP contribution in [0.15, 0.2) is 18.2 Å². The first-order chi connectivity index (χ1) is 9.49. The highest BCUT2D eigenvalue weighted by molar-refractivity contribution is 7.21. The van der Waals surface area contributed by atoms with Gasteiger partial charge in [0.15, 0.2) is 0 Å². The van der Waals surface area contributed by atoms with Gasteiger partial charge in [-0.05, 0) is 24.0 Å². The maximum absolute atomic E-state index is 13.8. The molecular formula is C15H17FN2OS. The second kappa shape index (κ2) is 4.74. The Bertz CT molecular complexity index is 672. The number of likely N-dealkylation sites (tertiary alicyclic amines) is 1. The van der Waals surface area contributed by atoms with Crippen LogP contribution in [0, 0.1) is 17.7 Å². The van der Waals surface area contributed by atoms with Gasteiger partial charge in [0.05, 0.1) is 11.1 Å². The molecule has 3 nitrogen and oxygen atoms in total. The number of fused-ring (bicyclic) bond motifs is 1. The fourth-order valence-corrected chi connectivity index (χ4v) is 3.83. The molecule has 1 aliphatic rings. The van der Waals surface area contributed by atoms with Crippen molar-refractivity contribution in [2.45, 2.75) is 13.8 Å². The summed E-state index contributed by atoms with van der Waals surface area (Å²) in [5.74, 6) is 0.551. The summed E-state index contributed by atoms with van der Waals surface area (Å²) in [6.45, 7) is 5.78. The molecule has 1 aromatic carbocycles. The van der Waals surface area contributed by atoms with Crippen molar-refractivity contribution in [3.05, 3.63) is 28.9 Å². The van der Waals surface area contributed by atoms with E-state index in [0.717, 1.165) is 17.8 Å². The zero-order chi connectivity index (χ0) is 14.4. The van der Waals surface area contributed by atoms with E-state index in [4.69, 9.17) is 5.73 Å². The molecule has 1 saturated heterocycles. The predicted molar refractivity (Wildman–Crippen MR) is 80.4 cm³/mol. The number of nitrogens with two attached hydrogens (primary N) is 1. The summed E-state index contributed by atoms with van der Waals surface area (Å²) >= 11 is 1.28. The summed E-state index contributed by atoms with van der Waals surface area (Å²) in [5, 5.41) is 0.376. The van der Waals surface area contributed by atoms with Crippen LogP contribution in [0.1, 0.15) is 23.5 Å². The van der Waals surface area contributed by atoms with Crippen LogP contribution in [0.3, 0.4) is 0 Å². The SMILES string of the molecule is CC1CN(C(=O)c2sc3cccc(F)c3c2N)CC1C. The van der Waals surface area contributed by atoms with Crippen LogP contribution in [-0.2, 0) is 0 Å². The van der Waals surface area contributed by atoms with Crippen LogP contribution in [0.25, 0.3) is 10.1 Å². The number of hydrogen-bond donors (Lipinski definition) is 1. The third-order valence-electron chi connectivity index (χ3n) is 4.17. The molecule has 106 valence electrons. The summed E-state index contributed by atoms with van der Waals surface area (Å²) in [7, 11) is 0. The van der Waals surface area contributed by atoms with Gasteiger partial charge in [-0.2, -0.15) is 0 Å². The summed E-state index contributed by atoms with van der Waals surface area (Å²) in [6.07, 6.45) is 0. The summed E-state index contributed by atoms with van der Waals surface area (Å²) in [6, 6.07) is 4.81. The number of hydrogen-bond acceptors (Lipinski definition) is 3. The molecule has 1 aliphatic heterocycles. The molecular weight excluding hydrogens is 275 g/mol. The number of nitrogen functional groups attached to an aromatic ring is 1. The van der Waals surface area contributed by atoms with Gasteiger partial charge >= 0.3 is 0 Å². The molecule has 2 aromatic rings. The Morgan fingerprint density at radius 2 is 2.00 bits per heavy atom. The molecule has 2 heterocycles. The lowest BCUT2D eigenvalue weighted by Gasteiger charge is -2.15. The summed E-state index contributed by atoms with van der Waals surface area (Å²) in [5.41, 5.74) is 6.28. The average molecular weight is 292 g/mol. The number of amides is 1. The first-order valence-electron chi connectivity index (χ1n) is 6.74. The lowest BCUT2D eigenvalue weighted by molar-refractivity contribution is 0.0791. The Morgan fingerprint density at radius 1 is 1.35 bits per heavy atom. The van der Waals surface area contributed by atoms with E-state index in [-0.39, 0.29) is 17.4 Å². The van der Waals surface area contributed by atoms with Gasteiger partial charge in [-0.1, -0.05) is 19.9 Å². The van der Waals surface area contributed by atoms with Gasteiger partial charge in [-0.25, -0.2) is 4.39 Å². The minimum Gasteiger partial charge on any atom is -0.397 e. The maximum atomic E-state index is 13.8. The van der Waals surface area contributed by atoms with E-state index < -0.39 is 0 Å². The van der Waals surface area contributed by atoms with Gasteiger partial charge in [0, 0.05) is 17.8 Å². The van der Waals surface area contributed by atoms with E-state index in [1.165, 1.54) is 17.4 Å². The molecule has 2 unspecified atom stereocenters. The second-order valence-corrected chi connectivity index (χ2v) is 6.67. The Balaban J connectivity index is 2.01. The van der Waals surface area contributed by atoms with E-state index in [2.05, 4.69) is 13.8 Å². The molecule has 2 N–H and O–H groups in total. The van der Waals surface area contributed by atoms with Crippen molar-refractivity contribution in [3.8, 4) is 0 Å². The first-order valence-corrected chi connectivity index (χ1v) is 7.56. The molecule has 1 aromatic heterocycles. The number of thiophene rings is 1. The number of benzene rings is 1. The molecule has 20 heavy (non-hydrogen) atoms. The van der Waals surface area contributed by atoms with Crippen molar-refractivity contribution in [3.63, 3.8) is 0 Å². The molecule has 2 atom stereocenters. The van der Waals surface area contributed by atoms with Crippen LogP contribution < -0.4 is 5.73 Å². The quantitative estimate of drug-likeness (QED) is 0.876. The average Bonchev–Trinajstić information content (AvgIpc) is 2.91. The largest absolute Gasteiger partial charge is 0.397 e. The lowest BCUT2D eigenvalue weighted by atomic mass is 10.0. The topological polar surface area (TPSA) is 46.3 Å². The van der Waals surface area contributed by atoms with E-state index in [1.807, 2.05) is 4.90 Å². The molecule has 5 heteroatoms. The molecule has 0 bridgehead atoms. The molecule has 0 aliphatic carbocycles. The third kappa shape index (κ3) is 1.97. The van der Waals surface area contributed by atoms with Gasteiger partial charge in [0.25, 0.3) is 5.91 Å². The molecule has 0 saturated carbocycles. The molecule has 1 fully saturated rings. The molecule has 3 rings (SSSR count). The predicted octanol–water partition coefficient (Wildman–Crippen LogP) is 3.35. The van der Waals surface area contributed by atoms with Gasteiger partial charge in [-0.3, -0.25) is 4.79 Å². The number of anilines is 1. The van der Waals surface area contributed by atoms with E-state index >= 15 is 0 Å². The van der Waals surface area contributed by atoms with Crippen LogP contribution in [0.4, 0.5) is 10.1 Å². The maximum Gasteiger partial charge on any atom is 0.266 e. The fraction of sp³-hybridized carbons (Fsp3) is 0.400. The van der Waals surface area contributed by atoms with Gasteiger partial charge < -0.3 is 10.6 Å². The van der Waals surface area contributed by atoms with Crippen molar-refractivity contribution >= 4 is 33.0 Å². The number of rotatable bonds is 1. The normalized spacial score (nSPS) is 22.6. The molecule has 1 amide bonds. The molecule has 0 radical (unpaired) electrons. The van der Waals surface area contributed by atoms with Gasteiger partial charge in [0.1, 0.15) is 10.7 Å². The minimum atomic E-state index is -0.363. The van der Waals surface area contributed by atoms with E-state index in [0.29, 0.717) is 22.1 Å². The zero-order valence-electron chi connectivity index (χ0n) is 11.5. The fourth-order valence-electron chi connectivity index (χ4n) is 2.73. The lowest BCUT2D eigenvalue weighted by Crippen LogP contribution is -2.28. The van der Waals surface area contributed by atoms with E-state index in [9.17, 15) is 9.18 Å². The number of halogens is 1. The van der Waals surface area contributed by atoms with Crippen molar-refractivity contribution in [2.75, 3.05) is 18.8 Å². The second-order valence-electron chi connectivity index (χ2n) is 5.62. The van der Waals surface area contributed by atoms with E-state index in [1.54, 1.807) is 12.1 Å². The minimum absolute atomic E-state index is 0.0701. The van der Waals surface area contributed by atoms with Crippen molar-refractivity contribution in [1.29, 1.82) is 0 Å². The Morgan fingerprint density at radius 3 is 2.60 bits per heavy atom. The van der Waals surface area contributed by atoms with Crippen molar-refractivity contribution in [2.24, 2.45) is 11.8 Å². The third-order valence-corrected chi connectivity index (χ3v) is 5.33. The van der Waals surface area contributed by atoms with Crippen LogP contribution in [-0.4, -0.2) is 23.9 Å². The number of carbonyl (C=O) groups is 1. The Labute approximate surface area is 121 Å². The van der Waals surface area contributed by atoms with Crippen LogP contribution in [0.5, 0.6) is 0 Å². The van der Waals surface area contributed by atoms with Gasteiger partial charge in [0.2, 0.25) is 0 Å². The first kappa shape index (κ1) is 13.4. The standard InChI is InChI=1S/C15H17FN2OS/c1-8-6-18(7-9(8)2)15(19)14-13(17)12-10(16)4-3-5-11(12)20-14/h3-5,8-9H,6-7,17H2,1-2H3. The number of nitrogens with zero attached hydrogens (tertiary/aromatic N) is 1. The van der Waals surface area contributed by atoms with Crippen LogP contribution >= 0.6 is 11.3 Å². The Hall–Kier alpha value is -1.62. The van der Waals surface area contributed by atoms with Crippen LogP contribution in [0.2, 0.25) is 0 Å². The monoisotopic (exact) mass is 292 g/mol. The van der Waals surface area contributed by atoms with Crippen molar-refractivity contribution in [1.82, 2.24) is 4.90 Å². The summed E-state index contributed by atoms with van der Waals surface area (Å²) in [4.78, 5) is 14.9. The van der Waals surface area contributed by atoms with Crippen molar-refractivity contribution < 1.29 is 9.18 Å². The summed E-state index contributed by atoms with van der Waals surface area (Å²) < 4.78 is 14.6. The highest BCUT2D eigenvalue weighted by Crippen LogP contribution is 2.37. The zero-order valence-corrected chi connectivity index (χ0v) is 12.3. The highest BCUT2D eigenvalue weighted by Gasteiger charge is 2.32. The highest BCUT2D eigenvalue weighted by atomic mass is 32.1. The van der Waals surface area contributed by atoms with Gasteiger partial charge in [-0.15, -0.1) is 11.3 Å².